The molecule has 0 fully saturated rings. The summed E-state index contributed by atoms with van der Waals surface area (Å²) in [6.45, 7) is 0. The van der Waals surface area contributed by atoms with Gasteiger partial charge in [-0.15, -0.1) is 0 Å². The number of nitro benzene ring substituents is 1. The first-order chi connectivity index (χ1) is 10.1. The molecule has 0 saturated heterocycles. The highest BCUT2D eigenvalue weighted by molar-refractivity contribution is 5.82. The van der Waals surface area contributed by atoms with Gasteiger partial charge in [-0.25, -0.2) is 13.8 Å². The maximum absolute atomic E-state index is 13.0. The molecule has 1 N–H and O–H groups in total. The lowest BCUT2D eigenvalue weighted by Gasteiger charge is -2.05. The number of hydrogen-bond donors (Lipinski definition) is 1. The Bertz CT molecular complexity index is 830. The fourth-order valence-corrected chi connectivity index (χ4v) is 2.14. The summed E-state index contributed by atoms with van der Waals surface area (Å²) >= 11 is 0. The minimum Gasteiger partial charge on any atom is -0.338 e. The van der Waals surface area contributed by atoms with Gasteiger partial charge in [-0.1, -0.05) is 24.3 Å². The van der Waals surface area contributed by atoms with Crippen molar-refractivity contribution < 1.29 is 13.7 Å². The number of rotatable bonds is 3. The Morgan fingerprint density at radius 2 is 1.95 bits per heavy atom. The Morgan fingerprint density at radius 3 is 2.67 bits per heavy atom. The number of aromatic amines is 1. The largest absolute Gasteiger partial charge is 0.338 e. The molecule has 3 aromatic rings. The first-order valence-corrected chi connectivity index (χ1v) is 6.08. The summed E-state index contributed by atoms with van der Waals surface area (Å²) in [5.41, 5.74) is 0.986. The first-order valence-electron chi connectivity index (χ1n) is 6.08. The van der Waals surface area contributed by atoms with Gasteiger partial charge in [0.1, 0.15) is 5.82 Å². The van der Waals surface area contributed by atoms with Crippen LogP contribution in [0.1, 0.15) is 12.0 Å². The van der Waals surface area contributed by atoms with E-state index < -0.39 is 11.3 Å². The molecule has 3 rings (SSSR count). The number of nitrogens with zero attached hydrogens (tertiary/aromatic N) is 2. The number of halogens is 2. The molecule has 0 radical (unpaired) electrons. The van der Waals surface area contributed by atoms with Crippen molar-refractivity contribution in [1.82, 2.24) is 9.97 Å². The highest BCUT2D eigenvalue weighted by atomic mass is 19.3. The fourth-order valence-electron chi connectivity index (χ4n) is 2.14. The van der Waals surface area contributed by atoms with Crippen LogP contribution in [0.4, 0.5) is 14.5 Å². The van der Waals surface area contributed by atoms with E-state index in [1.807, 2.05) is 0 Å². The highest BCUT2D eigenvalue weighted by Crippen LogP contribution is 2.31. The molecule has 0 aliphatic heterocycles. The lowest BCUT2D eigenvalue weighted by atomic mass is 10.1. The van der Waals surface area contributed by atoms with Crippen molar-refractivity contribution in [2.45, 2.75) is 6.43 Å². The maximum Gasteiger partial charge on any atom is 0.271 e. The van der Waals surface area contributed by atoms with Crippen molar-refractivity contribution in [2.24, 2.45) is 0 Å². The number of fused-ring (bicyclic) bond motifs is 1. The van der Waals surface area contributed by atoms with Gasteiger partial charge in [0.05, 0.1) is 16.0 Å². The molecule has 1 aromatic heterocycles. The first kappa shape index (κ1) is 13.2. The second-order valence-corrected chi connectivity index (χ2v) is 4.43. The van der Waals surface area contributed by atoms with Gasteiger partial charge in [-0.2, -0.15) is 0 Å². The van der Waals surface area contributed by atoms with Gasteiger partial charge in [0, 0.05) is 23.3 Å². The molecule has 0 bridgehead atoms. The third kappa shape index (κ3) is 2.33. The van der Waals surface area contributed by atoms with Crippen molar-refractivity contribution in [1.29, 1.82) is 0 Å². The van der Waals surface area contributed by atoms with Crippen LogP contribution in [0.5, 0.6) is 0 Å². The van der Waals surface area contributed by atoms with Gasteiger partial charge < -0.3 is 4.98 Å². The summed E-state index contributed by atoms with van der Waals surface area (Å²) in [6.07, 6.45) is -2.62. The van der Waals surface area contributed by atoms with Crippen LogP contribution in [0.25, 0.3) is 22.4 Å². The van der Waals surface area contributed by atoms with Gasteiger partial charge in [0.15, 0.2) is 0 Å². The van der Waals surface area contributed by atoms with Crippen molar-refractivity contribution in [3.63, 3.8) is 0 Å². The molecule has 0 amide bonds. The molecular formula is C14H9F2N3O2. The summed E-state index contributed by atoms with van der Waals surface area (Å²) in [5, 5.41) is 10.7. The van der Waals surface area contributed by atoms with Crippen LogP contribution in [-0.4, -0.2) is 14.9 Å². The molecule has 5 nitrogen and oxygen atoms in total. The third-order valence-corrected chi connectivity index (χ3v) is 3.13. The van der Waals surface area contributed by atoms with Crippen molar-refractivity contribution in [3.8, 4) is 11.4 Å². The molecular weight excluding hydrogens is 280 g/mol. The number of nitro groups is 1. The summed E-state index contributed by atoms with van der Waals surface area (Å²) in [7, 11) is 0. The summed E-state index contributed by atoms with van der Waals surface area (Å²) < 4.78 is 26.0. The van der Waals surface area contributed by atoms with Crippen LogP contribution in [0.15, 0.2) is 42.5 Å². The zero-order valence-corrected chi connectivity index (χ0v) is 10.6. The van der Waals surface area contributed by atoms with Crippen LogP contribution in [0.3, 0.4) is 0 Å². The zero-order chi connectivity index (χ0) is 15.0. The number of benzene rings is 2. The zero-order valence-electron chi connectivity index (χ0n) is 10.6. The van der Waals surface area contributed by atoms with Gasteiger partial charge in [-0.05, 0) is 6.07 Å². The Labute approximate surface area is 117 Å². The molecule has 7 heteroatoms. The van der Waals surface area contributed by atoms with Gasteiger partial charge in [0.2, 0.25) is 0 Å². The Morgan fingerprint density at radius 1 is 1.19 bits per heavy atom. The predicted molar refractivity (Wildman–Crippen MR) is 73.1 cm³/mol. The number of H-pyrrole nitrogens is 1. The third-order valence-electron chi connectivity index (χ3n) is 3.13. The average Bonchev–Trinajstić information content (AvgIpc) is 2.89. The normalized spacial score (nSPS) is 11.2. The number of non-ortho nitro benzene ring substituents is 1. The van der Waals surface area contributed by atoms with Crippen LogP contribution in [0.2, 0.25) is 0 Å². The maximum atomic E-state index is 13.0. The molecule has 0 saturated carbocycles. The summed E-state index contributed by atoms with van der Waals surface area (Å²) in [5.74, 6) is 0.265. The highest BCUT2D eigenvalue weighted by Gasteiger charge is 2.17. The molecule has 0 atom stereocenters. The van der Waals surface area contributed by atoms with Crippen LogP contribution in [-0.2, 0) is 0 Å². The van der Waals surface area contributed by atoms with E-state index in [4.69, 9.17) is 0 Å². The van der Waals surface area contributed by atoms with E-state index in [0.717, 1.165) is 0 Å². The topological polar surface area (TPSA) is 71.8 Å². The number of alkyl halides is 2. The van der Waals surface area contributed by atoms with Crippen LogP contribution in [0, 0.1) is 10.1 Å². The Kier molecular flexibility index (Phi) is 3.09. The van der Waals surface area contributed by atoms with Crippen LogP contribution >= 0.6 is 0 Å². The lowest BCUT2D eigenvalue weighted by Crippen LogP contribution is -1.91. The number of aromatic nitrogens is 2. The lowest BCUT2D eigenvalue weighted by molar-refractivity contribution is -0.384. The van der Waals surface area contributed by atoms with Gasteiger partial charge in [-0.3, -0.25) is 10.1 Å². The number of hydrogen-bond acceptors (Lipinski definition) is 3. The van der Waals surface area contributed by atoms with E-state index in [1.165, 1.54) is 36.4 Å². The summed E-state index contributed by atoms with van der Waals surface area (Å²) in [4.78, 5) is 17.3. The Balaban J connectivity index is 2.16. The Hall–Kier alpha value is -2.83. The van der Waals surface area contributed by atoms with E-state index in [1.54, 1.807) is 6.07 Å². The van der Waals surface area contributed by atoms with E-state index in [2.05, 4.69) is 9.97 Å². The molecule has 0 aliphatic rings. The molecule has 0 spiro atoms. The minimum absolute atomic E-state index is 0.0835. The minimum atomic E-state index is -2.62. The molecule has 1 heterocycles. The second-order valence-electron chi connectivity index (χ2n) is 4.43. The molecule has 106 valence electrons. The molecule has 21 heavy (non-hydrogen) atoms. The van der Waals surface area contributed by atoms with E-state index in [-0.39, 0.29) is 22.6 Å². The van der Waals surface area contributed by atoms with Crippen molar-refractivity contribution in [3.05, 3.63) is 58.1 Å². The average molecular weight is 289 g/mol. The summed E-state index contributed by atoms with van der Waals surface area (Å²) in [6, 6.07) is 10.2. The smallest absolute Gasteiger partial charge is 0.271 e. The van der Waals surface area contributed by atoms with E-state index in [9.17, 15) is 18.9 Å². The molecule has 2 aromatic carbocycles. The predicted octanol–water partition coefficient (Wildman–Crippen LogP) is 4.08. The number of nitrogens with one attached hydrogen (secondary N) is 1. The van der Waals surface area contributed by atoms with Crippen molar-refractivity contribution in [2.75, 3.05) is 0 Å². The van der Waals surface area contributed by atoms with Gasteiger partial charge >= 0.3 is 0 Å². The van der Waals surface area contributed by atoms with Crippen LogP contribution < -0.4 is 0 Å². The van der Waals surface area contributed by atoms with Gasteiger partial charge in [0.25, 0.3) is 12.1 Å². The monoisotopic (exact) mass is 289 g/mol. The SMILES string of the molecule is O=[N+]([O-])c1ccc2nc(-c3ccccc3C(F)F)[nH]c2c1. The molecule has 0 unspecified atom stereocenters. The molecule has 0 aliphatic carbocycles. The quantitative estimate of drug-likeness (QED) is 0.583. The van der Waals surface area contributed by atoms with Crippen molar-refractivity contribution >= 4 is 16.7 Å². The second kappa shape index (κ2) is 4.93. The standard InChI is InChI=1S/C14H9F2N3O2/c15-13(16)9-3-1-2-4-10(9)14-17-11-6-5-8(19(20)21)7-12(11)18-14/h1-7,13H,(H,17,18). The van der Waals surface area contributed by atoms with E-state index in [0.29, 0.717) is 11.0 Å². The van der Waals surface area contributed by atoms with E-state index >= 15 is 0 Å². The number of imidazole rings is 1. The fraction of sp³-hybridized carbons (Fsp3) is 0.0714.